The molecule has 0 amide bonds. The van der Waals surface area contributed by atoms with Gasteiger partial charge in [0.25, 0.3) is 0 Å². The Hall–Kier alpha value is -1.48. The third-order valence-corrected chi connectivity index (χ3v) is 2.22. The molecule has 1 aromatic carbocycles. The van der Waals surface area contributed by atoms with E-state index in [9.17, 15) is 4.39 Å². The van der Waals surface area contributed by atoms with Gasteiger partial charge in [-0.05, 0) is 17.7 Å². The van der Waals surface area contributed by atoms with Crippen LogP contribution in [-0.4, -0.2) is 9.97 Å². The molecule has 0 atom stereocenters. The third-order valence-electron chi connectivity index (χ3n) is 1.98. The summed E-state index contributed by atoms with van der Waals surface area (Å²) in [6, 6.07) is 6.30. The molecule has 0 radical (unpaired) electrons. The van der Waals surface area contributed by atoms with E-state index >= 15 is 0 Å². The van der Waals surface area contributed by atoms with E-state index < -0.39 is 0 Å². The number of hydrogen-bond donors (Lipinski definition) is 0. The highest BCUT2D eigenvalue weighted by Gasteiger charge is 2.00. The number of nitrogens with zero attached hydrogens (tertiary/aromatic N) is 2. The fraction of sp³-hybridized carbons (Fsp3) is 0.0909. The molecule has 1 aromatic heterocycles. The molecule has 0 saturated heterocycles. The maximum atomic E-state index is 12.9. The lowest BCUT2D eigenvalue weighted by Gasteiger charge is -2.01. The van der Waals surface area contributed by atoms with Crippen molar-refractivity contribution in [3.05, 3.63) is 48.3 Å². The molecule has 0 aliphatic carbocycles. The van der Waals surface area contributed by atoms with Gasteiger partial charge in [0, 0.05) is 18.0 Å². The first-order chi connectivity index (χ1) is 7.29. The van der Waals surface area contributed by atoms with E-state index in [0.29, 0.717) is 5.82 Å². The van der Waals surface area contributed by atoms with Crippen LogP contribution in [0.25, 0.3) is 11.1 Å². The summed E-state index contributed by atoms with van der Waals surface area (Å²) in [4.78, 5) is 8.08. The van der Waals surface area contributed by atoms with Crippen LogP contribution in [0.1, 0.15) is 5.82 Å². The molecule has 4 heteroatoms. The molecular weight excluding hydrogens is 215 g/mol. The summed E-state index contributed by atoms with van der Waals surface area (Å²) in [5, 5.41) is 0. The van der Waals surface area contributed by atoms with Gasteiger partial charge in [0.05, 0.1) is 5.88 Å². The molecule has 1 heterocycles. The molecule has 0 bridgehead atoms. The van der Waals surface area contributed by atoms with Crippen LogP contribution in [0.5, 0.6) is 0 Å². The van der Waals surface area contributed by atoms with E-state index in [4.69, 9.17) is 11.6 Å². The summed E-state index contributed by atoms with van der Waals surface area (Å²) in [5.74, 6) is 0.578. The van der Waals surface area contributed by atoms with E-state index in [1.165, 1.54) is 12.1 Å². The fourth-order valence-corrected chi connectivity index (χ4v) is 1.38. The van der Waals surface area contributed by atoms with E-state index in [1.54, 1.807) is 18.5 Å². The smallest absolute Gasteiger partial charge is 0.142 e. The molecule has 0 N–H and O–H groups in total. The molecule has 0 aliphatic rings. The van der Waals surface area contributed by atoms with Crippen molar-refractivity contribution < 1.29 is 4.39 Å². The Bertz CT molecular complexity index is 456. The van der Waals surface area contributed by atoms with Crippen molar-refractivity contribution in [1.82, 2.24) is 9.97 Å². The second kappa shape index (κ2) is 4.36. The van der Waals surface area contributed by atoms with Crippen LogP contribution >= 0.6 is 11.6 Å². The molecule has 76 valence electrons. The fourth-order valence-electron chi connectivity index (χ4n) is 1.24. The summed E-state index contributed by atoms with van der Waals surface area (Å²) >= 11 is 5.57. The van der Waals surface area contributed by atoms with Crippen molar-refractivity contribution in [2.45, 2.75) is 5.88 Å². The van der Waals surface area contributed by atoms with Crippen LogP contribution < -0.4 is 0 Å². The van der Waals surface area contributed by atoms with E-state index in [-0.39, 0.29) is 11.7 Å². The van der Waals surface area contributed by atoms with Gasteiger partial charge in [-0.15, -0.1) is 11.6 Å². The van der Waals surface area contributed by atoms with Gasteiger partial charge in [0.1, 0.15) is 11.6 Å². The van der Waals surface area contributed by atoms with E-state index in [2.05, 4.69) is 9.97 Å². The van der Waals surface area contributed by atoms with Crippen LogP contribution in [0, 0.1) is 5.82 Å². The van der Waals surface area contributed by atoms with Crippen molar-refractivity contribution in [3.63, 3.8) is 0 Å². The Morgan fingerprint density at radius 1 is 1.13 bits per heavy atom. The standard InChI is InChI=1S/C11H8ClFN2/c12-5-11-14-6-9(7-15-11)8-2-1-3-10(13)4-8/h1-4,6-7H,5H2. The van der Waals surface area contributed by atoms with E-state index in [1.807, 2.05) is 6.07 Å². The molecule has 0 spiro atoms. The van der Waals surface area contributed by atoms with Gasteiger partial charge in [-0.3, -0.25) is 0 Å². The Kier molecular flexibility index (Phi) is 2.92. The number of aromatic nitrogens is 2. The van der Waals surface area contributed by atoms with Crippen molar-refractivity contribution in [1.29, 1.82) is 0 Å². The maximum absolute atomic E-state index is 12.9. The van der Waals surface area contributed by atoms with Crippen LogP contribution in [0.3, 0.4) is 0 Å². The molecule has 0 saturated carbocycles. The van der Waals surface area contributed by atoms with Crippen molar-refractivity contribution >= 4 is 11.6 Å². The van der Waals surface area contributed by atoms with Gasteiger partial charge in [0.2, 0.25) is 0 Å². The van der Waals surface area contributed by atoms with Crippen molar-refractivity contribution in [2.24, 2.45) is 0 Å². The Morgan fingerprint density at radius 2 is 1.87 bits per heavy atom. The summed E-state index contributed by atoms with van der Waals surface area (Å²) in [6.45, 7) is 0. The summed E-state index contributed by atoms with van der Waals surface area (Å²) < 4.78 is 12.9. The van der Waals surface area contributed by atoms with Gasteiger partial charge in [0.15, 0.2) is 0 Å². The minimum absolute atomic E-state index is 0.270. The third kappa shape index (κ3) is 2.30. The topological polar surface area (TPSA) is 25.8 Å². The van der Waals surface area contributed by atoms with Gasteiger partial charge in [-0.25, -0.2) is 14.4 Å². The van der Waals surface area contributed by atoms with Crippen LogP contribution in [0.2, 0.25) is 0 Å². The normalized spacial score (nSPS) is 10.3. The lowest BCUT2D eigenvalue weighted by Crippen LogP contribution is -1.91. The van der Waals surface area contributed by atoms with Crippen LogP contribution in [-0.2, 0) is 5.88 Å². The number of rotatable bonds is 2. The number of alkyl halides is 1. The molecule has 0 unspecified atom stereocenters. The van der Waals surface area contributed by atoms with Crippen LogP contribution in [0.4, 0.5) is 4.39 Å². The van der Waals surface area contributed by atoms with Gasteiger partial charge in [-0.2, -0.15) is 0 Å². The first-order valence-corrected chi connectivity index (χ1v) is 4.96. The van der Waals surface area contributed by atoms with Crippen molar-refractivity contribution in [2.75, 3.05) is 0 Å². The van der Waals surface area contributed by atoms with Gasteiger partial charge >= 0.3 is 0 Å². The predicted molar refractivity (Wildman–Crippen MR) is 57.0 cm³/mol. The zero-order valence-corrected chi connectivity index (χ0v) is 8.58. The molecule has 2 nitrogen and oxygen atoms in total. The first-order valence-electron chi connectivity index (χ1n) is 4.42. The summed E-state index contributed by atoms with van der Waals surface area (Å²) in [6.07, 6.45) is 3.28. The van der Waals surface area contributed by atoms with E-state index in [0.717, 1.165) is 11.1 Å². The van der Waals surface area contributed by atoms with Gasteiger partial charge < -0.3 is 0 Å². The number of halogens is 2. The molecular formula is C11H8ClFN2. The average Bonchev–Trinajstić information content (AvgIpc) is 2.29. The second-order valence-corrected chi connectivity index (χ2v) is 3.30. The summed E-state index contributed by atoms with van der Waals surface area (Å²) in [7, 11) is 0. The molecule has 2 rings (SSSR count). The lowest BCUT2D eigenvalue weighted by molar-refractivity contribution is 0.628. The SMILES string of the molecule is Fc1cccc(-c2cnc(CCl)nc2)c1. The first kappa shape index (κ1) is 10.1. The summed E-state index contributed by atoms with van der Waals surface area (Å²) in [5.41, 5.74) is 1.54. The zero-order chi connectivity index (χ0) is 10.7. The highest BCUT2D eigenvalue weighted by Crippen LogP contribution is 2.18. The highest BCUT2D eigenvalue weighted by atomic mass is 35.5. The molecule has 0 aliphatic heterocycles. The quantitative estimate of drug-likeness (QED) is 0.730. The number of hydrogen-bond acceptors (Lipinski definition) is 2. The highest BCUT2D eigenvalue weighted by molar-refractivity contribution is 6.16. The molecule has 0 fully saturated rings. The largest absolute Gasteiger partial charge is 0.239 e. The minimum Gasteiger partial charge on any atom is -0.239 e. The Labute approximate surface area is 91.8 Å². The minimum atomic E-state index is -0.270. The zero-order valence-electron chi connectivity index (χ0n) is 7.82. The monoisotopic (exact) mass is 222 g/mol. The maximum Gasteiger partial charge on any atom is 0.142 e. The Balaban J connectivity index is 2.37. The predicted octanol–water partition coefficient (Wildman–Crippen LogP) is 3.02. The average molecular weight is 223 g/mol. The van der Waals surface area contributed by atoms with Crippen LogP contribution in [0.15, 0.2) is 36.7 Å². The van der Waals surface area contributed by atoms with Gasteiger partial charge in [-0.1, -0.05) is 12.1 Å². The van der Waals surface area contributed by atoms with Crippen molar-refractivity contribution in [3.8, 4) is 11.1 Å². The molecule has 15 heavy (non-hydrogen) atoms. The second-order valence-electron chi connectivity index (χ2n) is 3.03. The number of benzene rings is 1. The Morgan fingerprint density at radius 3 is 2.47 bits per heavy atom. The molecule has 2 aromatic rings. The lowest BCUT2D eigenvalue weighted by atomic mass is 10.1.